The van der Waals surface area contributed by atoms with Gasteiger partial charge in [-0.05, 0) is 30.2 Å². The highest BCUT2D eigenvalue weighted by molar-refractivity contribution is 5.77. The van der Waals surface area contributed by atoms with Gasteiger partial charge in [0.25, 0.3) is 0 Å². The first-order valence-electron chi connectivity index (χ1n) is 5.92. The Bertz CT molecular complexity index is 524. The van der Waals surface area contributed by atoms with E-state index in [0.29, 0.717) is 6.54 Å². The molecule has 0 radical (unpaired) electrons. The van der Waals surface area contributed by atoms with Gasteiger partial charge in [0.15, 0.2) is 0 Å². The Morgan fingerprint density at radius 1 is 1.24 bits per heavy atom. The van der Waals surface area contributed by atoms with Gasteiger partial charge in [-0.3, -0.25) is 9.97 Å². The molecule has 17 heavy (non-hydrogen) atoms. The topological polar surface area (TPSA) is 58.0 Å². The molecule has 4 heteroatoms. The van der Waals surface area contributed by atoms with Gasteiger partial charge in [0, 0.05) is 31.4 Å². The molecule has 0 aliphatic carbocycles. The molecule has 2 atom stereocenters. The van der Waals surface area contributed by atoms with Crippen LogP contribution in [0.1, 0.15) is 5.56 Å². The van der Waals surface area contributed by atoms with E-state index in [1.165, 1.54) is 5.56 Å². The highest BCUT2D eigenvalue weighted by Crippen LogP contribution is 2.20. The Labute approximate surface area is 99.7 Å². The first-order valence-corrected chi connectivity index (χ1v) is 5.92. The lowest BCUT2D eigenvalue weighted by atomic mass is 9.96. The molecule has 3 heterocycles. The summed E-state index contributed by atoms with van der Waals surface area (Å²) in [6, 6.07) is 5.86. The average Bonchev–Trinajstić information content (AvgIpc) is 2.76. The van der Waals surface area contributed by atoms with E-state index >= 15 is 0 Å². The molecule has 2 N–H and O–H groups in total. The van der Waals surface area contributed by atoms with Gasteiger partial charge in [-0.25, -0.2) is 0 Å². The molecule has 0 aromatic carbocycles. The lowest BCUT2D eigenvalue weighted by molar-refractivity contribution is 0.148. The minimum absolute atomic E-state index is 0.248. The van der Waals surface area contributed by atoms with Crippen LogP contribution >= 0.6 is 0 Å². The van der Waals surface area contributed by atoms with E-state index in [1.807, 2.05) is 24.4 Å². The number of β-amino-alcohol motifs (C(OH)–C–C–N with tert-alkyl or cyclic N) is 1. The highest BCUT2D eigenvalue weighted by Gasteiger charge is 2.25. The maximum absolute atomic E-state index is 9.82. The Kier molecular flexibility index (Phi) is 2.74. The normalized spacial score (nSPS) is 24.3. The predicted octanol–water partition coefficient (Wildman–Crippen LogP) is 0.753. The zero-order valence-electron chi connectivity index (χ0n) is 9.50. The first kappa shape index (κ1) is 10.6. The minimum Gasteiger partial charge on any atom is -0.391 e. The molecule has 1 aliphatic heterocycles. The van der Waals surface area contributed by atoms with Gasteiger partial charge < -0.3 is 10.4 Å². The van der Waals surface area contributed by atoms with Crippen molar-refractivity contribution in [1.82, 2.24) is 15.3 Å². The van der Waals surface area contributed by atoms with Crippen LogP contribution in [0.15, 0.2) is 30.6 Å². The fourth-order valence-corrected chi connectivity index (χ4v) is 2.41. The smallest absolute Gasteiger partial charge is 0.0918 e. The van der Waals surface area contributed by atoms with Gasteiger partial charge >= 0.3 is 0 Å². The summed E-state index contributed by atoms with van der Waals surface area (Å²) < 4.78 is 0. The summed E-state index contributed by atoms with van der Waals surface area (Å²) in [5.41, 5.74) is 3.04. The molecule has 2 aromatic rings. The Morgan fingerprint density at radius 2 is 2.18 bits per heavy atom. The van der Waals surface area contributed by atoms with Gasteiger partial charge in [-0.1, -0.05) is 0 Å². The minimum atomic E-state index is -0.248. The molecule has 3 rings (SSSR count). The van der Waals surface area contributed by atoms with Crippen molar-refractivity contribution in [3.8, 4) is 0 Å². The maximum atomic E-state index is 9.82. The van der Waals surface area contributed by atoms with Crippen LogP contribution in [-0.2, 0) is 6.42 Å². The van der Waals surface area contributed by atoms with Gasteiger partial charge in [-0.15, -0.1) is 0 Å². The van der Waals surface area contributed by atoms with Crippen molar-refractivity contribution < 1.29 is 5.11 Å². The van der Waals surface area contributed by atoms with E-state index < -0.39 is 0 Å². The first-order chi connectivity index (χ1) is 8.34. The van der Waals surface area contributed by atoms with Crippen molar-refractivity contribution in [3.05, 3.63) is 36.2 Å². The number of rotatable bonds is 2. The number of hydrogen-bond acceptors (Lipinski definition) is 4. The van der Waals surface area contributed by atoms with E-state index in [0.717, 1.165) is 24.0 Å². The number of aromatic nitrogens is 2. The molecule has 0 unspecified atom stereocenters. The fraction of sp³-hybridized carbons (Fsp3) is 0.385. The standard InChI is InChI=1S/C13H15N3O/c17-12-8-14-7-10(12)6-9-3-5-15-11-2-1-4-16-13(9)11/h1-5,10,12,14,17H,6-8H2/t10-,12-/m1/s1. The molecule has 0 amide bonds. The quantitative estimate of drug-likeness (QED) is 0.798. The van der Waals surface area contributed by atoms with Crippen LogP contribution in [0.2, 0.25) is 0 Å². The summed E-state index contributed by atoms with van der Waals surface area (Å²) in [6.07, 6.45) is 4.21. The molecular formula is C13H15N3O. The van der Waals surface area contributed by atoms with Crippen LogP contribution in [0, 0.1) is 5.92 Å². The molecule has 0 spiro atoms. The third kappa shape index (κ3) is 2.01. The molecule has 0 saturated carbocycles. The molecule has 1 fully saturated rings. The van der Waals surface area contributed by atoms with Gasteiger partial charge in [0.05, 0.1) is 17.1 Å². The van der Waals surface area contributed by atoms with Crippen LogP contribution in [0.3, 0.4) is 0 Å². The second-order valence-electron chi connectivity index (χ2n) is 4.53. The van der Waals surface area contributed by atoms with E-state index in [9.17, 15) is 5.11 Å². The van der Waals surface area contributed by atoms with Crippen molar-refractivity contribution in [1.29, 1.82) is 0 Å². The third-order valence-electron chi connectivity index (χ3n) is 3.37. The molecule has 2 aromatic heterocycles. The van der Waals surface area contributed by atoms with Crippen molar-refractivity contribution in [2.24, 2.45) is 5.92 Å². The Morgan fingerprint density at radius 3 is 3.00 bits per heavy atom. The largest absolute Gasteiger partial charge is 0.391 e. The van der Waals surface area contributed by atoms with Crippen LogP contribution in [0.5, 0.6) is 0 Å². The lowest BCUT2D eigenvalue weighted by Crippen LogP contribution is -2.20. The highest BCUT2D eigenvalue weighted by atomic mass is 16.3. The van der Waals surface area contributed by atoms with Crippen LogP contribution in [0.4, 0.5) is 0 Å². The monoisotopic (exact) mass is 229 g/mol. The van der Waals surface area contributed by atoms with Crippen LogP contribution in [0.25, 0.3) is 11.0 Å². The summed E-state index contributed by atoms with van der Waals surface area (Å²) in [5.74, 6) is 0.280. The second-order valence-corrected chi connectivity index (χ2v) is 4.53. The summed E-state index contributed by atoms with van der Waals surface area (Å²) in [6.45, 7) is 1.57. The molecule has 4 nitrogen and oxygen atoms in total. The number of aliphatic hydroxyl groups is 1. The zero-order valence-corrected chi connectivity index (χ0v) is 9.50. The number of nitrogens with one attached hydrogen (secondary N) is 1. The van der Waals surface area contributed by atoms with E-state index in [1.54, 1.807) is 6.20 Å². The van der Waals surface area contributed by atoms with Crippen molar-refractivity contribution in [3.63, 3.8) is 0 Å². The zero-order chi connectivity index (χ0) is 11.7. The molecule has 0 bridgehead atoms. The number of aliphatic hydroxyl groups excluding tert-OH is 1. The SMILES string of the molecule is O[C@@H]1CNC[C@H]1Cc1ccnc2cccnc12. The molecule has 88 valence electrons. The van der Waals surface area contributed by atoms with E-state index in [-0.39, 0.29) is 12.0 Å². The van der Waals surface area contributed by atoms with Gasteiger partial charge in [0.2, 0.25) is 0 Å². The number of pyridine rings is 2. The van der Waals surface area contributed by atoms with Crippen molar-refractivity contribution in [2.75, 3.05) is 13.1 Å². The number of hydrogen-bond donors (Lipinski definition) is 2. The number of fused-ring (bicyclic) bond motifs is 1. The van der Waals surface area contributed by atoms with Gasteiger partial charge in [-0.2, -0.15) is 0 Å². The van der Waals surface area contributed by atoms with Gasteiger partial charge in [0.1, 0.15) is 0 Å². The predicted molar refractivity (Wildman–Crippen MR) is 65.6 cm³/mol. The molecule has 1 aliphatic rings. The number of nitrogens with zero attached hydrogens (tertiary/aromatic N) is 2. The molecule has 1 saturated heterocycles. The lowest BCUT2D eigenvalue weighted by Gasteiger charge is -2.13. The Hall–Kier alpha value is -1.52. The van der Waals surface area contributed by atoms with Crippen LogP contribution < -0.4 is 5.32 Å². The third-order valence-corrected chi connectivity index (χ3v) is 3.37. The molecular weight excluding hydrogens is 214 g/mol. The van der Waals surface area contributed by atoms with Crippen molar-refractivity contribution >= 4 is 11.0 Å². The summed E-state index contributed by atoms with van der Waals surface area (Å²) in [5, 5.41) is 13.0. The van der Waals surface area contributed by atoms with Crippen LogP contribution in [-0.4, -0.2) is 34.3 Å². The van der Waals surface area contributed by atoms with E-state index in [4.69, 9.17) is 0 Å². The second kappa shape index (κ2) is 4.39. The summed E-state index contributed by atoms with van der Waals surface area (Å²) in [4.78, 5) is 8.68. The average molecular weight is 229 g/mol. The Balaban J connectivity index is 1.94. The van der Waals surface area contributed by atoms with Crippen molar-refractivity contribution in [2.45, 2.75) is 12.5 Å². The summed E-state index contributed by atoms with van der Waals surface area (Å²) >= 11 is 0. The van der Waals surface area contributed by atoms with E-state index in [2.05, 4.69) is 15.3 Å². The fourth-order valence-electron chi connectivity index (χ4n) is 2.41. The maximum Gasteiger partial charge on any atom is 0.0918 e. The summed E-state index contributed by atoms with van der Waals surface area (Å²) in [7, 11) is 0.